The molecule has 0 heterocycles. The molecule has 2 amide bonds. The van der Waals surface area contributed by atoms with Gasteiger partial charge in [0.2, 0.25) is 11.8 Å². The number of non-ortho nitro benzene ring substituents is 1. The molecule has 0 aliphatic rings. The molecule has 0 saturated heterocycles. The Hall–Kier alpha value is -4.25. The van der Waals surface area contributed by atoms with Gasteiger partial charge in [0.25, 0.3) is 15.7 Å². The van der Waals surface area contributed by atoms with Crippen molar-refractivity contribution < 1.29 is 22.9 Å². The summed E-state index contributed by atoms with van der Waals surface area (Å²) in [5.41, 5.74) is 1.34. The molecule has 0 saturated carbocycles. The maximum atomic E-state index is 13.9. The van der Waals surface area contributed by atoms with Crippen molar-refractivity contribution in [1.29, 1.82) is 0 Å². The molecule has 0 spiro atoms. The lowest BCUT2D eigenvalue weighted by Crippen LogP contribution is -2.51. The zero-order valence-electron chi connectivity index (χ0n) is 21.4. The van der Waals surface area contributed by atoms with Crippen LogP contribution in [0.3, 0.4) is 0 Å². The minimum absolute atomic E-state index is 0.0414. The minimum Gasteiger partial charge on any atom is -0.357 e. The molecule has 200 valence electrons. The highest BCUT2D eigenvalue weighted by Crippen LogP contribution is 2.28. The van der Waals surface area contributed by atoms with Gasteiger partial charge in [-0.1, -0.05) is 55.5 Å². The lowest BCUT2D eigenvalue weighted by molar-refractivity contribution is -0.384. The lowest BCUT2D eigenvalue weighted by Gasteiger charge is -2.33. The Morgan fingerprint density at radius 3 is 2.26 bits per heavy atom. The zero-order valence-corrected chi connectivity index (χ0v) is 22.2. The van der Waals surface area contributed by atoms with E-state index in [1.165, 1.54) is 42.3 Å². The summed E-state index contributed by atoms with van der Waals surface area (Å²) in [5, 5.41) is 14.0. The predicted molar refractivity (Wildman–Crippen MR) is 144 cm³/mol. The van der Waals surface area contributed by atoms with Crippen LogP contribution in [0.4, 0.5) is 11.4 Å². The molecule has 3 aromatic carbocycles. The van der Waals surface area contributed by atoms with Crippen LogP contribution >= 0.6 is 0 Å². The maximum absolute atomic E-state index is 13.9. The summed E-state index contributed by atoms with van der Waals surface area (Å²) in [5.74, 6) is -1.02. The molecule has 38 heavy (non-hydrogen) atoms. The number of nitro groups is 1. The van der Waals surface area contributed by atoms with Gasteiger partial charge in [0, 0.05) is 25.7 Å². The highest BCUT2D eigenvalue weighted by Gasteiger charge is 2.34. The molecule has 1 atom stereocenters. The minimum atomic E-state index is -4.30. The number of sulfonamides is 1. The number of nitrogens with one attached hydrogen (secondary N) is 1. The monoisotopic (exact) mass is 538 g/mol. The van der Waals surface area contributed by atoms with Crippen LogP contribution in [0.2, 0.25) is 0 Å². The van der Waals surface area contributed by atoms with Gasteiger partial charge in [-0.3, -0.25) is 24.0 Å². The SMILES string of the molecule is CC[C@@H](C(=O)NC)N(Cc1ccccc1C)C(=O)CN(c1cccc([N+](=O)[O-])c1)S(=O)(=O)c1ccccc1. The summed E-state index contributed by atoms with van der Waals surface area (Å²) in [6, 6.07) is 19.1. The first kappa shape index (κ1) is 28.3. The molecule has 3 aromatic rings. The van der Waals surface area contributed by atoms with Crippen molar-refractivity contribution in [3.63, 3.8) is 0 Å². The van der Waals surface area contributed by atoms with Crippen molar-refractivity contribution in [3.8, 4) is 0 Å². The Morgan fingerprint density at radius 2 is 1.66 bits per heavy atom. The van der Waals surface area contributed by atoms with Crippen LogP contribution in [0.25, 0.3) is 0 Å². The standard InChI is InChI=1S/C27H30N4O6S/c1-4-25(27(33)28-3)29(18-21-12-9-8-11-20(21)2)26(32)19-30(22-13-10-14-23(17-22)31(34)35)38(36,37)24-15-6-5-7-16-24/h5-17,25H,4,18-19H2,1-3H3,(H,28,33)/t25-/m0/s1. The summed E-state index contributed by atoms with van der Waals surface area (Å²) in [6.07, 6.45) is 0.291. The smallest absolute Gasteiger partial charge is 0.271 e. The Balaban J connectivity index is 2.10. The van der Waals surface area contributed by atoms with Crippen LogP contribution < -0.4 is 9.62 Å². The number of hydrogen-bond donors (Lipinski definition) is 1. The number of rotatable bonds is 11. The highest BCUT2D eigenvalue weighted by molar-refractivity contribution is 7.92. The molecule has 0 radical (unpaired) electrons. The second kappa shape index (κ2) is 12.3. The summed E-state index contributed by atoms with van der Waals surface area (Å²) in [6.45, 7) is 3.05. The molecule has 0 unspecified atom stereocenters. The van der Waals surface area contributed by atoms with E-state index in [4.69, 9.17) is 0 Å². The summed E-state index contributed by atoms with van der Waals surface area (Å²) in [7, 11) is -2.83. The Bertz CT molecular complexity index is 1410. The van der Waals surface area contributed by atoms with Crippen molar-refractivity contribution in [1.82, 2.24) is 10.2 Å². The number of aryl methyl sites for hydroxylation is 1. The fraction of sp³-hybridized carbons (Fsp3) is 0.259. The van der Waals surface area contributed by atoms with E-state index in [-0.39, 0.29) is 28.7 Å². The van der Waals surface area contributed by atoms with Crippen LogP contribution in [0.1, 0.15) is 24.5 Å². The normalized spacial score (nSPS) is 11.9. The summed E-state index contributed by atoms with van der Waals surface area (Å²) >= 11 is 0. The number of likely N-dealkylation sites (N-methyl/N-ethyl adjacent to an activating group) is 1. The lowest BCUT2D eigenvalue weighted by atomic mass is 10.1. The van der Waals surface area contributed by atoms with Crippen molar-refractivity contribution >= 4 is 33.2 Å². The molecule has 0 bridgehead atoms. The van der Waals surface area contributed by atoms with Gasteiger partial charge in [-0.15, -0.1) is 0 Å². The van der Waals surface area contributed by atoms with Gasteiger partial charge in [-0.2, -0.15) is 0 Å². The van der Waals surface area contributed by atoms with E-state index in [1.807, 2.05) is 31.2 Å². The molecule has 1 N–H and O–H groups in total. The van der Waals surface area contributed by atoms with Crippen molar-refractivity contribution in [2.24, 2.45) is 0 Å². The molecule has 0 aliphatic heterocycles. The van der Waals surface area contributed by atoms with Gasteiger partial charge < -0.3 is 10.2 Å². The van der Waals surface area contributed by atoms with E-state index in [2.05, 4.69) is 5.32 Å². The largest absolute Gasteiger partial charge is 0.357 e. The number of carbonyl (C=O) groups excluding carboxylic acids is 2. The third-order valence-corrected chi connectivity index (χ3v) is 7.96. The van der Waals surface area contributed by atoms with Gasteiger partial charge in [0.1, 0.15) is 12.6 Å². The molecular weight excluding hydrogens is 508 g/mol. The quantitative estimate of drug-likeness (QED) is 0.293. The predicted octanol–water partition coefficient (Wildman–Crippen LogP) is 3.65. The number of amides is 2. The Morgan fingerprint density at radius 1 is 1.00 bits per heavy atom. The molecule has 10 nitrogen and oxygen atoms in total. The second-order valence-corrected chi connectivity index (χ2v) is 10.5. The van der Waals surface area contributed by atoms with Crippen molar-refractivity contribution in [2.75, 3.05) is 17.9 Å². The third kappa shape index (κ3) is 6.35. The number of nitro benzene ring substituents is 1. The number of anilines is 1. The average Bonchev–Trinajstić information content (AvgIpc) is 2.92. The molecular formula is C27H30N4O6S. The van der Waals surface area contributed by atoms with E-state index >= 15 is 0 Å². The Kier molecular flexibility index (Phi) is 9.19. The number of benzene rings is 3. The van der Waals surface area contributed by atoms with Crippen LogP contribution in [-0.4, -0.2) is 49.7 Å². The topological polar surface area (TPSA) is 130 Å². The van der Waals surface area contributed by atoms with E-state index in [0.29, 0.717) is 6.42 Å². The summed E-state index contributed by atoms with van der Waals surface area (Å²) < 4.78 is 28.3. The second-order valence-electron chi connectivity index (χ2n) is 8.59. The van der Waals surface area contributed by atoms with Crippen LogP contribution in [0.5, 0.6) is 0 Å². The average molecular weight is 539 g/mol. The van der Waals surface area contributed by atoms with Crippen LogP contribution in [0, 0.1) is 17.0 Å². The molecule has 0 fully saturated rings. The third-order valence-electron chi connectivity index (χ3n) is 6.17. The van der Waals surface area contributed by atoms with Gasteiger partial charge in [0.15, 0.2) is 0 Å². The number of nitrogens with zero attached hydrogens (tertiary/aromatic N) is 3. The molecule has 0 aliphatic carbocycles. The van der Waals surface area contributed by atoms with Gasteiger partial charge in [0.05, 0.1) is 15.5 Å². The molecule has 0 aromatic heterocycles. The van der Waals surface area contributed by atoms with E-state index in [9.17, 15) is 28.1 Å². The first-order valence-electron chi connectivity index (χ1n) is 12.0. The van der Waals surface area contributed by atoms with E-state index in [1.54, 1.807) is 25.1 Å². The van der Waals surface area contributed by atoms with Crippen LogP contribution in [-0.2, 0) is 26.2 Å². The zero-order chi connectivity index (χ0) is 27.9. The highest BCUT2D eigenvalue weighted by atomic mass is 32.2. The number of hydrogen-bond acceptors (Lipinski definition) is 6. The first-order chi connectivity index (χ1) is 18.1. The molecule has 3 rings (SSSR count). The fourth-order valence-corrected chi connectivity index (χ4v) is 5.49. The maximum Gasteiger partial charge on any atom is 0.271 e. The number of carbonyl (C=O) groups is 2. The van der Waals surface area contributed by atoms with E-state index < -0.39 is 33.4 Å². The summed E-state index contributed by atoms with van der Waals surface area (Å²) in [4.78, 5) is 38.7. The van der Waals surface area contributed by atoms with Crippen LogP contribution in [0.15, 0.2) is 83.8 Å². The molecule has 11 heteroatoms. The first-order valence-corrected chi connectivity index (χ1v) is 13.4. The van der Waals surface area contributed by atoms with Crippen molar-refractivity contribution in [2.45, 2.75) is 37.8 Å². The van der Waals surface area contributed by atoms with Gasteiger partial charge >= 0.3 is 0 Å². The fourth-order valence-electron chi connectivity index (χ4n) is 4.07. The van der Waals surface area contributed by atoms with Crippen molar-refractivity contribution in [3.05, 3.63) is 100 Å². The van der Waals surface area contributed by atoms with Gasteiger partial charge in [-0.05, 0) is 42.7 Å². The van der Waals surface area contributed by atoms with Gasteiger partial charge in [-0.25, -0.2) is 8.42 Å². The van der Waals surface area contributed by atoms with E-state index in [0.717, 1.165) is 21.5 Å². The Labute approximate surface area is 222 Å².